The quantitative estimate of drug-likeness (QED) is 0.626. The number of halogens is 1. The van der Waals surface area contributed by atoms with Crippen LogP contribution in [0.1, 0.15) is 35.8 Å². The van der Waals surface area contributed by atoms with E-state index in [0.717, 1.165) is 31.9 Å². The van der Waals surface area contributed by atoms with Gasteiger partial charge in [-0.05, 0) is 39.1 Å². The summed E-state index contributed by atoms with van der Waals surface area (Å²) in [5, 5.41) is 5.04. The van der Waals surface area contributed by atoms with Gasteiger partial charge in [0.25, 0.3) is 5.91 Å². The lowest BCUT2D eigenvalue weighted by atomic mass is 9.90. The van der Waals surface area contributed by atoms with Gasteiger partial charge in [0, 0.05) is 75.8 Å². The summed E-state index contributed by atoms with van der Waals surface area (Å²) in [4.78, 5) is 32.5. The van der Waals surface area contributed by atoms with Crippen LogP contribution in [0.15, 0.2) is 30.5 Å². The number of aryl methyl sites for hydroxylation is 2. The average Bonchev–Trinajstić information content (AvgIpc) is 3.21. The van der Waals surface area contributed by atoms with E-state index in [1.165, 1.54) is 0 Å². The van der Waals surface area contributed by atoms with Gasteiger partial charge in [-0.15, -0.1) is 0 Å². The molecule has 2 aliphatic heterocycles. The maximum absolute atomic E-state index is 13.3. The predicted molar refractivity (Wildman–Crippen MR) is 131 cm³/mol. The van der Waals surface area contributed by atoms with Crippen LogP contribution < -0.4 is 4.74 Å². The molecule has 2 aliphatic rings. The molecule has 0 aliphatic carbocycles. The number of rotatable bonds is 6. The van der Waals surface area contributed by atoms with E-state index in [4.69, 9.17) is 16.3 Å². The summed E-state index contributed by atoms with van der Waals surface area (Å²) in [7, 11) is 2.07. The molecule has 2 fully saturated rings. The smallest absolute Gasteiger partial charge is 0.257 e. The first kappa shape index (κ1) is 24.5. The fourth-order valence-corrected chi connectivity index (χ4v) is 4.91. The lowest BCUT2D eigenvalue weighted by Crippen LogP contribution is -2.51. The number of aromatic nitrogens is 2. The van der Waals surface area contributed by atoms with Gasteiger partial charge in [-0.3, -0.25) is 14.3 Å². The third-order valence-corrected chi connectivity index (χ3v) is 7.06. The molecule has 0 radical (unpaired) electrons. The highest BCUT2D eigenvalue weighted by Crippen LogP contribution is 2.29. The van der Waals surface area contributed by atoms with Crippen LogP contribution >= 0.6 is 11.6 Å². The first-order valence-corrected chi connectivity index (χ1v) is 12.4. The highest BCUT2D eigenvalue weighted by Gasteiger charge is 2.36. The summed E-state index contributed by atoms with van der Waals surface area (Å²) in [5.74, 6) is 0.678. The van der Waals surface area contributed by atoms with Crippen LogP contribution in [0, 0.1) is 12.8 Å². The number of hydrogen-bond acceptors (Lipinski definition) is 5. The standard InChI is InChI=1S/C25H34ClN5O3/c1-4-31-17-22(18(2)27-31)25(33)30-9-8-23(34-21-7-5-6-20(26)15-21)19(16-30)14-24(32)29-12-10-28(3)11-13-29/h5-7,15,17,19,23H,4,8-14,16H2,1-3H3/t19-,23-/m0/s1. The molecule has 0 saturated carbocycles. The SMILES string of the molecule is CCn1cc(C(=O)N2CC[C@H](Oc3cccc(Cl)c3)[C@@H](CC(=O)N3CCN(C)CC3)C2)c(C)n1. The van der Waals surface area contributed by atoms with E-state index >= 15 is 0 Å². The van der Waals surface area contributed by atoms with Gasteiger partial charge in [0.1, 0.15) is 11.9 Å². The van der Waals surface area contributed by atoms with Crippen molar-refractivity contribution in [1.29, 1.82) is 0 Å². The molecule has 184 valence electrons. The molecule has 2 aromatic rings. The van der Waals surface area contributed by atoms with Crippen LogP contribution in [0.2, 0.25) is 5.02 Å². The Morgan fingerprint density at radius 1 is 1.15 bits per heavy atom. The van der Waals surface area contributed by atoms with Crippen LogP contribution in [-0.2, 0) is 11.3 Å². The minimum absolute atomic E-state index is 0.0320. The fraction of sp³-hybridized carbons (Fsp3) is 0.560. The van der Waals surface area contributed by atoms with Gasteiger partial charge >= 0.3 is 0 Å². The third kappa shape index (κ3) is 5.73. The molecule has 9 heteroatoms. The number of nitrogens with zero attached hydrogens (tertiary/aromatic N) is 5. The maximum Gasteiger partial charge on any atom is 0.257 e. The number of carbonyl (C=O) groups is 2. The van der Waals surface area contributed by atoms with Crippen LogP contribution in [-0.4, -0.2) is 88.7 Å². The molecule has 0 N–H and O–H groups in total. The Morgan fingerprint density at radius 3 is 2.59 bits per heavy atom. The summed E-state index contributed by atoms with van der Waals surface area (Å²) in [6.45, 7) is 8.85. The fourth-order valence-electron chi connectivity index (χ4n) is 4.73. The van der Waals surface area contributed by atoms with E-state index in [-0.39, 0.29) is 23.8 Å². The molecule has 4 rings (SSSR count). The van der Waals surface area contributed by atoms with Gasteiger partial charge in [-0.2, -0.15) is 5.10 Å². The third-order valence-electron chi connectivity index (χ3n) is 6.83. The molecule has 1 aromatic carbocycles. The number of benzene rings is 1. The molecule has 3 heterocycles. The molecule has 2 saturated heterocycles. The Morgan fingerprint density at radius 2 is 1.91 bits per heavy atom. The van der Waals surface area contributed by atoms with Crippen LogP contribution in [0.5, 0.6) is 5.75 Å². The van der Waals surface area contributed by atoms with Gasteiger partial charge in [-0.1, -0.05) is 17.7 Å². The highest BCUT2D eigenvalue weighted by atomic mass is 35.5. The summed E-state index contributed by atoms with van der Waals surface area (Å²) in [6, 6.07) is 7.34. The van der Waals surface area contributed by atoms with Crippen molar-refractivity contribution in [3.8, 4) is 5.75 Å². The lowest BCUT2D eigenvalue weighted by molar-refractivity contribution is -0.135. The molecule has 8 nitrogen and oxygen atoms in total. The number of likely N-dealkylation sites (tertiary alicyclic amines) is 1. The van der Waals surface area contributed by atoms with Gasteiger partial charge < -0.3 is 19.4 Å². The number of hydrogen-bond donors (Lipinski definition) is 0. The number of carbonyl (C=O) groups excluding carboxylic acids is 2. The van der Waals surface area contributed by atoms with Crippen molar-refractivity contribution in [2.24, 2.45) is 5.92 Å². The molecule has 0 bridgehead atoms. The van der Waals surface area contributed by atoms with E-state index in [2.05, 4.69) is 17.0 Å². The number of piperazine rings is 1. The Hall–Kier alpha value is -2.58. The van der Waals surface area contributed by atoms with E-state index in [1.807, 2.05) is 48.0 Å². The Kier molecular flexibility index (Phi) is 7.78. The van der Waals surface area contributed by atoms with Gasteiger partial charge in [-0.25, -0.2) is 0 Å². The van der Waals surface area contributed by atoms with E-state index in [1.54, 1.807) is 10.7 Å². The van der Waals surface area contributed by atoms with Crippen molar-refractivity contribution >= 4 is 23.4 Å². The van der Waals surface area contributed by atoms with Crippen molar-refractivity contribution in [2.75, 3.05) is 46.3 Å². The molecular formula is C25H34ClN5O3. The number of ether oxygens (including phenoxy) is 1. The zero-order valence-corrected chi connectivity index (χ0v) is 21.0. The summed E-state index contributed by atoms with van der Waals surface area (Å²) in [6.07, 6.45) is 2.65. The average molecular weight is 488 g/mol. The zero-order chi connectivity index (χ0) is 24.2. The maximum atomic E-state index is 13.3. The van der Waals surface area contributed by atoms with Crippen LogP contribution in [0.3, 0.4) is 0 Å². The van der Waals surface area contributed by atoms with Crippen molar-refractivity contribution in [1.82, 2.24) is 24.5 Å². The zero-order valence-electron chi connectivity index (χ0n) is 20.2. The number of likely N-dealkylation sites (N-methyl/N-ethyl adjacent to an activating group) is 1. The predicted octanol–water partition coefficient (Wildman–Crippen LogP) is 2.94. The summed E-state index contributed by atoms with van der Waals surface area (Å²) < 4.78 is 8.10. The Labute approximate surface area is 206 Å². The van der Waals surface area contributed by atoms with Crippen LogP contribution in [0.25, 0.3) is 0 Å². The van der Waals surface area contributed by atoms with Crippen molar-refractivity contribution < 1.29 is 14.3 Å². The number of piperidine rings is 1. The summed E-state index contributed by atoms with van der Waals surface area (Å²) >= 11 is 6.15. The second-order valence-corrected chi connectivity index (χ2v) is 9.72. The molecule has 2 atom stereocenters. The monoisotopic (exact) mass is 487 g/mol. The molecule has 34 heavy (non-hydrogen) atoms. The minimum Gasteiger partial charge on any atom is -0.490 e. The van der Waals surface area contributed by atoms with Crippen molar-refractivity contribution in [3.05, 3.63) is 46.7 Å². The van der Waals surface area contributed by atoms with Crippen molar-refractivity contribution in [3.63, 3.8) is 0 Å². The second-order valence-electron chi connectivity index (χ2n) is 9.29. The first-order chi connectivity index (χ1) is 16.3. The molecule has 0 spiro atoms. The second kappa shape index (κ2) is 10.8. The molecule has 0 unspecified atom stereocenters. The Balaban J connectivity index is 1.50. The molecule has 2 amide bonds. The molecule has 1 aromatic heterocycles. The first-order valence-electron chi connectivity index (χ1n) is 12.1. The van der Waals surface area contributed by atoms with Gasteiger partial charge in [0.2, 0.25) is 5.91 Å². The van der Waals surface area contributed by atoms with Gasteiger partial charge in [0.15, 0.2) is 0 Å². The topological polar surface area (TPSA) is 70.9 Å². The van der Waals surface area contributed by atoms with Crippen LogP contribution in [0.4, 0.5) is 0 Å². The Bertz CT molecular complexity index is 1020. The summed E-state index contributed by atoms with van der Waals surface area (Å²) in [5.41, 5.74) is 1.36. The van der Waals surface area contributed by atoms with E-state index < -0.39 is 0 Å². The lowest BCUT2D eigenvalue weighted by Gasteiger charge is -2.40. The minimum atomic E-state index is -0.168. The largest absolute Gasteiger partial charge is 0.490 e. The number of amides is 2. The van der Waals surface area contributed by atoms with E-state index in [9.17, 15) is 9.59 Å². The normalized spacial score (nSPS) is 21.5. The van der Waals surface area contributed by atoms with Gasteiger partial charge in [0.05, 0.1) is 11.3 Å². The highest BCUT2D eigenvalue weighted by molar-refractivity contribution is 6.30. The molecular weight excluding hydrogens is 454 g/mol. The van der Waals surface area contributed by atoms with Crippen molar-refractivity contribution in [2.45, 2.75) is 39.3 Å². The van der Waals surface area contributed by atoms with E-state index in [0.29, 0.717) is 48.8 Å².